The highest BCUT2D eigenvalue weighted by molar-refractivity contribution is 5.58. The number of likely N-dealkylation sites (N-methyl/N-ethyl adjacent to an activating group) is 1. The average molecular weight is 291 g/mol. The Morgan fingerprint density at radius 2 is 1.90 bits per heavy atom. The summed E-state index contributed by atoms with van der Waals surface area (Å²) in [5, 5.41) is 3.45. The summed E-state index contributed by atoms with van der Waals surface area (Å²) in [7, 11) is 2.20. The van der Waals surface area contributed by atoms with Crippen LogP contribution in [0.4, 0.5) is 11.6 Å². The molecule has 0 aromatic carbocycles. The molecule has 118 valence electrons. The molecule has 0 atom stereocenters. The van der Waals surface area contributed by atoms with Crippen molar-refractivity contribution in [1.82, 2.24) is 14.9 Å². The van der Waals surface area contributed by atoms with Crippen LogP contribution < -0.4 is 10.2 Å². The minimum atomic E-state index is 0.877. The molecule has 1 aliphatic heterocycles. The summed E-state index contributed by atoms with van der Waals surface area (Å²) in [6.45, 7) is 11.8. The number of nitrogens with one attached hydrogen (secondary N) is 1. The summed E-state index contributed by atoms with van der Waals surface area (Å²) in [4.78, 5) is 14.3. The number of hydrogen-bond donors (Lipinski definition) is 1. The maximum atomic E-state index is 4.81. The molecule has 0 aliphatic carbocycles. The third kappa shape index (κ3) is 4.06. The molecular formula is C16H29N5. The molecule has 1 saturated heterocycles. The van der Waals surface area contributed by atoms with Gasteiger partial charge in [-0.15, -0.1) is 0 Å². The van der Waals surface area contributed by atoms with Crippen molar-refractivity contribution in [3.05, 3.63) is 11.4 Å². The van der Waals surface area contributed by atoms with Crippen LogP contribution in [-0.2, 0) is 6.42 Å². The molecule has 1 aromatic heterocycles. The van der Waals surface area contributed by atoms with Crippen LogP contribution in [0.2, 0.25) is 0 Å². The molecule has 0 bridgehead atoms. The molecule has 0 saturated carbocycles. The Hall–Kier alpha value is -1.36. The fourth-order valence-corrected chi connectivity index (χ4v) is 2.69. The molecule has 21 heavy (non-hydrogen) atoms. The van der Waals surface area contributed by atoms with Crippen LogP contribution in [0.1, 0.15) is 38.1 Å². The van der Waals surface area contributed by atoms with E-state index in [-0.39, 0.29) is 0 Å². The third-order valence-corrected chi connectivity index (χ3v) is 4.04. The van der Waals surface area contributed by atoms with E-state index in [2.05, 4.69) is 47.9 Å². The first-order valence-corrected chi connectivity index (χ1v) is 8.20. The number of aromatic nitrogens is 2. The van der Waals surface area contributed by atoms with Crippen molar-refractivity contribution in [2.45, 2.75) is 40.0 Å². The van der Waals surface area contributed by atoms with Gasteiger partial charge in [-0.05, 0) is 33.4 Å². The van der Waals surface area contributed by atoms with Gasteiger partial charge in [0.2, 0.25) is 0 Å². The maximum absolute atomic E-state index is 4.81. The van der Waals surface area contributed by atoms with Gasteiger partial charge in [-0.1, -0.05) is 13.8 Å². The molecule has 1 aliphatic rings. The molecule has 0 amide bonds. The minimum Gasteiger partial charge on any atom is -0.370 e. The first-order chi connectivity index (χ1) is 10.2. The zero-order valence-corrected chi connectivity index (χ0v) is 13.9. The fourth-order valence-electron chi connectivity index (χ4n) is 2.69. The van der Waals surface area contributed by atoms with Crippen molar-refractivity contribution in [2.75, 3.05) is 50.0 Å². The molecule has 1 N–H and O–H groups in total. The molecule has 1 aromatic rings. The van der Waals surface area contributed by atoms with Crippen molar-refractivity contribution in [2.24, 2.45) is 0 Å². The maximum Gasteiger partial charge on any atom is 0.137 e. The molecule has 0 spiro atoms. The van der Waals surface area contributed by atoms with E-state index in [4.69, 9.17) is 4.98 Å². The Bertz CT molecular complexity index is 460. The van der Waals surface area contributed by atoms with Crippen LogP contribution in [0.3, 0.4) is 0 Å². The van der Waals surface area contributed by atoms with Gasteiger partial charge in [0.15, 0.2) is 0 Å². The summed E-state index contributed by atoms with van der Waals surface area (Å²) < 4.78 is 0. The Morgan fingerprint density at radius 3 is 2.62 bits per heavy atom. The van der Waals surface area contributed by atoms with E-state index in [1.807, 2.05) is 0 Å². The van der Waals surface area contributed by atoms with Crippen LogP contribution >= 0.6 is 0 Å². The molecule has 2 heterocycles. The highest BCUT2D eigenvalue weighted by Crippen LogP contribution is 2.24. The Balaban J connectivity index is 2.27. The second kappa shape index (κ2) is 7.59. The number of anilines is 2. The topological polar surface area (TPSA) is 44.3 Å². The largest absolute Gasteiger partial charge is 0.370 e. The monoisotopic (exact) mass is 291 g/mol. The second-order valence-corrected chi connectivity index (χ2v) is 5.86. The van der Waals surface area contributed by atoms with E-state index < -0.39 is 0 Å². The van der Waals surface area contributed by atoms with Crippen LogP contribution in [0, 0.1) is 6.92 Å². The van der Waals surface area contributed by atoms with Crippen molar-refractivity contribution in [1.29, 1.82) is 0 Å². The zero-order valence-electron chi connectivity index (χ0n) is 13.9. The smallest absolute Gasteiger partial charge is 0.137 e. The lowest BCUT2D eigenvalue weighted by Crippen LogP contribution is -2.30. The zero-order chi connectivity index (χ0) is 15.2. The number of rotatable bonds is 5. The normalized spacial score (nSPS) is 16.9. The van der Waals surface area contributed by atoms with E-state index in [1.54, 1.807) is 0 Å². The van der Waals surface area contributed by atoms with Gasteiger partial charge in [-0.3, -0.25) is 0 Å². The van der Waals surface area contributed by atoms with Gasteiger partial charge in [0.25, 0.3) is 0 Å². The van der Waals surface area contributed by atoms with E-state index >= 15 is 0 Å². The molecule has 5 nitrogen and oxygen atoms in total. The van der Waals surface area contributed by atoms with Crippen LogP contribution in [-0.4, -0.2) is 54.6 Å². The fraction of sp³-hybridized carbons (Fsp3) is 0.750. The van der Waals surface area contributed by atoms with E-state index in [9.17, 15) is 0 Å². The van der Waals surface area contributed by atoms with Crippen molar-refractivity contribution < 1.29 is 0 Å². The van der Waals surface area contributed by atoms with Crippen LogP contribution in [0.5, 0.6) is 0 Å². The number of nitrogens with zero attached hydrogens (tertiary/aromatic N) is 4. The Kier molecular flexibility index (Phi) is 5.79. The van der Waals surface area contributed by atoms with E-state index in [0.717, 1.165) is 56.5 Å². The van der Waals surface area contributed by atoms with Crippen LogP contribution in [0.25, 0.3) is 0 Å². The molecule has 2 rings (SSSR count). The van der Waals surface area contributed by atoms with Gasteiger partial charge in [0.1, 0.15) is 17.5 Å². The lowest BCUT2D eigenvalue weighted by atomic mass is 10.2. The summed E-state index contributed by atoms with van der Waals surface area (Å²) in [6.07, 6.45) is 3.18. The highest BCUT2D eigenvalue weighted by atomic mass is 15.3. The summed E-state index contributed by atoms with van der Waals surface area (Å²) in [5.41, 5.74) is 1.19. The van der Waals surface area contributed by atoms with E-state index in [0.29, 0.717) is 0 Å². The van der Waals surface area contributed by atoms with Gasteiger partial charge < -0.3 is 15.1 Å². The van der Waals surface area contributed by atoms with Crippen molar-refractivity contribution in [3.63, 3.8) is 0 Å². The van der Waals surface area contributed by atoms with Crippen molar-refractivity contribution >= 4 is 11.6 Å². The number of aryl methyl sites for hydroxylation is 1. The first kappa shape index (κ1) is 16.0. The molecule has 5 heteroatoms. The predicted octanol–water partition coefficient (Wildman–Crippen LogP) is 2.31. The van der Waals surface area contributed by atoms with Gasteiger partial charge in [0.05, 0.1) is 0 Å². The lowest BCUT2D eigenvalue weighted by molar-refractivity contribution is 0.360. The Labute approximate surface area is 128 Å². The highest BCUT2D eigenvalue weighted by Gasteiger charge is 2.18. The van der Waals surface area contributed by atoms with E-state index in [1.165, 1.54) is 18.5 Å². The number of hydrogen-bond acceptors (Lipinski definition) is 5. The SMILES string of the molecule is CCCNc1nc(CC)nc(N2CCCN(C)CC2)c1C. The Morgan fingerprint density at radius 1 is 1.10 bits per heavy atom. The minimum absolute atomic E-state index is 0.877. The summed E-state index contributed by atoms with van der Waals surface area (Å²) >= 11 is 0. The third-order valence-electron chi connectivity index (χ3n) is 4.04. The van der Waals surface area contributed by atoms with Crippen molar-refractivity contribution in [3.8, 4) is 0 Å². The van der Waals surface area contributed by atoms with Gasteiger partial charge in [-0.2, -0.15) is 0 Å². The predicted molar refractivity (Wildman–Crippen MR) is 89.3 cm³/mol. The average Bonchev–Trinajstić information content (AvgIpc) is 2.71. The van der Waals surface area contributed by atoms with Gasteiger partial charge in [-0.25, -0.2) is 9.97 Å². The molecular weight excluding hydrogens is 262 g/mol. The summed E-state index contributed by atoms with van der Waals surface area (Å²) in [6, 6.07) is 0. The second-order valence-electron chi connectivity index (χ2n) is 5.86. The van der Waals surface area contributed by atoms with Gasteiger partial charge in [0, 0.05) is 38.2 Å². The molecule has 0 unspecified atom stereocenters. The standard InChI is InChI=1S/C16H29N5/c1-5-8-17-15-13(3)16(19-14(6-2)18-15)21-10-7-9-20(4)11-12-21/h5-12H2,1-4H3,(H,17,18,19). The molecule has 1 fully saturated rings. The molecule has 0 radical (unpaired) electrons. The quantitative estimate of drug-likeness (QED) is 0.902. The summed E-state index contributed by atoms with van der Waals surface area (Å²) in [5.74, 6) is 3.07. The van der Waals surface area contributed by atoms with Crippen LogP contribution in [0.15, 0.2) is 0 Å². The first-order valence-electron chi connectivity index (χ1n) is 8.20. The van der Waals surface area contributed by atoms with Gasteiger partial charge >= 0.3 is 0 Å². The lowest BCUT2D eigenvalue weighted by Gasteiger charge is -2.25.